The highest BCUT2D eigenvalue weighted by atomic mass is 16.5. The van der Waals surface area contributed by atoms with Crippen LogP contribution in [-0.4, -0.2) is 40.4 Å². The number of allylic oxidation sites excluding steroid dienone is 2. The van der Waals surface area contributed by atoms with Crippen molar-refractivity contribution in [3.8, 4) is 0 Å². The van der Waals surface area contributed by atoms with Gasteiger partial charge in [-0.05, 0) is 98.7 Å². The van der Waals surface area contributed by atoms with Gasteiger partial charge in [-0.2, -0.15) is 0 Å². The standard InChI is InChI=1S/C30H48O4/c1-26(2)23-9-8-21-20(28(23,5)13-12-24(26)32)11-15-29(6)19(10-14-30(21,29)7)18-16-22(31)25(33)27(3,4)34-17-18/h8,18-20,22-23,25,31,33H,9-17H2,1-7H3/t18-,19?,20+,22-,23+,25+,28-,29+,30-/m1/s1. The van der Waals surface area contributed by atoms with Crippen molar-refractivity contribution < 1.29 is 19.7 Å². The Labute approximate surface area is 206 Å². The number of rotatable bonds is 1. The number of carbonyl (C=O) groups excluding carboxylic acids is 1. The van der Waals surface area contributed by atoms with Gasteiger partial charge in [-0.15, -0.1) is 0 Å². The molecule has 9 atom stereocenters. The average molecular weight is 473 g/mol. The first-order valence-electron chi connectivity index (χ1n) is 13.9. The summed E-state index contributed by atoms with van der Waals surface area (Å²) >= 11 is 0. The zero-order valence-corrected chi connectivity index (χ0v) is 22.6. The van der Waals surface area contributed by atoms with Crippen molar-refractivity contribution in [2.75, 3.05) is 6.61 Å². The Bertz CT molecular complexity index is 888. The fourth-order valence-corrected chi connectivity index (χ4v) is 9.97. The Morgan fingerprint density at radius 1 is 0.971 bits per heavy atom. The molecule has 4 aliphatic carbocycles. The van der Waals surface area contributed by atoms with Crippen molar-refractivity contribution in [1.29, 1.82) is 0 Å². The highest BCUT2D eigenvalue weighted by Crippen LogP contribution is 2.73. The molecule has 4 heteroatoms. The van der Waals surface area contributed by atoms with Crippen LogP contribution in [0, 0.1) is 45.3 Å². The largest absolute Gasteiger partial charge is 0.390 e. The summed E-state index contributed by atoms with van der Waals surface area (Å²) in [7, 11) is 0. The second-order valence-electron chi connectivity index (χ2n) is 14.5. The minimum atomic E-state index is -0.843. The average Bonchev–Trinajstić information content (AvgIpc) is 2.99. The third kappa shape index (κ3) is 3.16. The topological polar surface area (TPSA) is 66.8 Å². The number of ketones is 1. The van der Waals surface area contributed by atoms with Gasteiger partial charge in [0.15, 0.2) is 0 Å². The van der Waals surface area contributed by atoms with E-state index in [1.807, 2.05) is 13.8 Å². The van der Waals surface area contributed by atoms with E-state index in [1.54, 1.807) is 5.57 Å². The number of carbonyl (C=O) groups is 1. The molecule has 5 rings (SSSR count). The maximum absolute atomic E-state index is 12.8. The third-order valence-corrected chi connectivity index (χ3v) is 12.5. The Morgan fingerprint density at radius 2 is 1.68 bits per heavy atom. The highest BCUT2D eigenvalue weighted by molar-refractivity contribution is 5.85. The third-order valence-electron chi connectivity index (χ3n) is 12.5. The van der Waals surface area contributed by atoms with Gasteiger partial charge in [0.25, 0.3) is 0 Å². The van der Waals surface area contributed by atoms with Crippen molar-refractivity contribution in [1.82, 2.24) is 0 Å². The summed E-state index contributed by atoms with van der Waals surface area (Å²) in [6.45, 7) is 16.4. The minimum absolute atomic E-state index is 0.158. The second-order valence-corrected chi connectivity index (χ2v) is 14.5. The molecule has 2 N–H and O–H groups in total. The van der Waals surface area contributed by atoms with Crippen molar-refractivity contribution in [2.24, 2.45) is 45.3 Å². The molecule has 1 aliphatic heterocycles. The quantitative estimate of drug-likeness (QED) is 0.481. The number of hydrogen-bond donors (Lipinski definition) is 2. The predicted octanol–water partition coefficient (Wildman–Crippen LogP) is 5.70. The maximum atomic E-state index is 12.8. The van der Waals surface area contributed by atoms with Crippen LogP contribution in [0.2, 0.25) is 0 Å². The first-order chi connectivity index (χ1) is 15.7. The SMILES string of the molecule is CC1(C)OC[C@H](C2CC[C@]3(C)C4=CC[C@H]5C(C)(C)C(=O)CC[C@]5(C)[C@H]4CC[C@@]23C)C[C@@H](O)[C@@H]1O. The van der Waals surface area contributed by atoms with Crippen LogP contribution in [0.1, 0.15) is 99.8 Å². The van der Waals surface area contributed by atoms with Gasteiger partial charge in [0.1, 0.15) is 11.9 Å². The van der Waals surface area contributed by atoms with Gasteiger partial charge in [0, 0.05) is 11.8 Å². The number of aliphatic hydroxyl groups excluding tert-OH is 2. The lowest BCUT2D eigenvalue weighted by Gasteiger charge is -2.63. The van der Waals surface area contributed by atoms with Gasteiger partial charge in [0.05, 0.1) is 18.3 Å². The molecule has 4 fully saturated rings. The Morgan fingerprint density at radius 3 is 2.38 bits per heavy atom. The minimum Gasteiger partial charge on any atom is -0.390 e. The van der Waals surface area contributed by atoms with Crippen LogP contribution in [0.3, 0.4) is 0 Å². The van der Waals surface area contributed by atoms with Crippen LogP contribution in [0.4, 0.5) is 0 Å². The van der Waals surface area contributed by atoms with Crippen molar-refractivity contribution >= 4 is 5.78 Å². The van der Waals surface area contributed by atoms with Crippen LogP contribution < -0.4 is 0 Å². The monoisotopic (exact) mass is 472 g/mol. The van der Waals surface area contributed by atoms with Gasteiger partial charge in [-0.1, -0.05) is 46.3 Å². The molecule has 3 saturated carbocycles. The molecule has 0 spiro atoms. The molecule has 0 amide bonds. The number of fused-ring (bicyclic) bond motifs is 5. The zero-order chi connectivity index (χ0) is 24.9. The summed E-state index contributed by atoms with van der Waals surface area (Å²) in [6.07, 6.45) is 9.18. The lowest BCUT2D eigenvalue weighted by atomic mass is 9.41. The summed E-state index contributed by atoms with van der Waals surface area (Å²) in [5.41, 5.74) is 1.28. The van der Waals surface area contributed by atoms with E-state index in [1.165, 1.54) is 25.7 Å². The van der Waals surface area contributed by atoms with E-state index in [9.17, 15) is 15.0 Å². The number of aliphatic hydroxyl groups is 2. The molecule has 1 unspecified atom stereocenters. The van der Waals surface area contributed by atoms with E-state index >= 15 is 0 Å². The molecular weight excluding hydrogens is 424 g/mol. The van der Waals surface area contributed by atoms with Gasteiger partial charge in [0.2, 0.25) is 0 Å². The molecule has 5 aliphatic rings. The molecule has 4 nitrogen and oxygen atoms in total. The lowest BCUT2D eigenvalue weighted by molar-refractivity contribution is -0.146. The summed E-state index contributed by atoms with van der Waals surface area (Å²) in [4.78, 5) is 12.8. The molecule has 0 aromatic rings. The van der Waals surface area contributed by atoms with Gasteiger partial charge in [-0.25, -0.2) is 0 Å². The van der Waals surface area contributed by atoms with Gasteiger partial charge >= 0.3 is 0 Å². The molecule has 192 valence electrons. The van der Waals surface area contributed by atoms with Crippen LogP contribution in [0.25, 0.3) is 0 Å². The van der Waals surface area contributed by atoms with E-state index in [0.29, 0.717) is 36.6 Å². The highest BCUT2D eigenvalue weighted by Gasteiger charge is 2.65. The molecule has 34 heavy (non-hydrogen) atoms. The second kappa shape index (κ2) is 7.65. The van der Waals surface area contributed by atoms with E-state index in [0.717, 1.165) is 19.3 Å². The lowest BCUT2D eigenvalue weighted by Crippen LogP contribution is -2.57. The fraction of sp³-hybridized carbons (Fsp3) is 0.900. The maximum Gasteiger partial charge on any atom is 0.138 e. The fourth-order valence-electron chi connectivity index (χ4n) is 9.97. The van der Waals surface area contributed by atoms with Crippen LogP contribution in [0.15, 0.2) is 11.6 Å². The molecular formula is C30H48O4. The molecule has 1 heterocycles. The van der Waals surface area contributed by atoms with E-state index in [2.05, 4.69) is 40.7 Å². The molecule has 0 bridgehead atoms. The Balaban J connectivity index is 1.47. The van der Waals surface area contributed by atoms with E-state index in [-0.39, 0.29) is 27.6 Å². The number of hydrogen-bond acceptors (Lipinski definition) is 4. The molecule has 1 saturated heterocycles. The van der Waals surface area contributed by atoms with E-state index < -0.39 is 17.8 Å². The zero-order valence-electron chi connectivity index (χ0n) is 22.6. The van der Waals surface area contributed by atoms with Crippen molar-refractivity contribution in [2.45, 2.75) is 118 Å². The first-order valence-corrected chi connectivity index (χ1v) is 13.9. The molecule has 0 radical (unpaired) electrons. The van der Waals surface area contributed by atoms with Crippen LogP contribution in [0.5, 0.6) is 0 Å². The summed E-state index contributed by atoms with van der Waals surface area (Å²) in [5.74, 6) is 2.23. The predicted molar refractivity (Wildman–Crippen MR) is 134 cm³/mol. The van der Waals surface area contributed by atoms with Crippen LogP contribution in [-0.2, 0) is 9.53 Å². The molecule has 0 aromatic carbocycles. The molecule has 0 aromatic heterocycles. The van der Waals surface area contributed by atoms with Gasteiger partial charge < -0.3 is 14.9 Å². The van der Waals surface area contributed by atoms with Gasteiger partial charge in [-0.3, -0.25) is 4.79 Å². The smallest absolute Gasteiger partial charge is 0.138 e. The Kier molecular flexibility index (Phi) is 5.62. The normalized spacial score (nSPS) is 52.1. The van der Waals surface area contributed by atoms with Crippen LogP contribution >= 0.6 is 0 Å². The summed E-state index contributed by atoms with van der Waals surface area (Å²) < 4.78 is 6.23. The Hall–Kier alpha value is -0.710. The van der Waals surface area contributed by atoms with Crippen molar-refractivity contribution in [3.63, 3.8) is 0 Å². The van der Waals surface area contributed by atoms with E-state index in [4.69, 9.17) is 4.74 Å². The summed E-state index contributed by atoms with van der Waals surface area (Å²) in [6, 6.07) is 0. The summed E-state index contributed by atoms with van der Waals surface area (Å²) in [5, 5.41) is 21.5. The number of ether oxygens (including phenoxy) is 1. The first kappa shape index (κ1) is 25.0. The van der Waals surface area contributed by atoms with Crippen molar-refractivity contribution in [3.05, 3.63) is 11.6 Å². The number of Topliss-reactive ketones (excluding diaryl/α,β-unsaturated/α-hetero) is 1.